The Kier molecular flexibility index (Phi) is 6.34. The molecule has 31 heavy (non-hydrogen) atoms. The van der Waals surface area contributed by atoms with E-state index in [1.165, 1.54) is 19.1 Å². The number of nitro groups is 1. The highest BCUT2D eigenvalue weighted by atomic mass is 32.2. The van der Waals surface area contributed by atoms with Crippen LogP contribution in [0.1, 0.15) is 12.5 Å². The number of rotatable bonds is 7. The molecular formula is C20H23N3O7S. The highest BCUT2D eigenvalue weighted by Gasteiger charge is 2.32. The number of nitro benzene ring substituents is 1. The second-order valence-corrected chi connectivity index (χ2v) is 9.06. The van der Waals surface area contributed by atoms with Gasteiger partial charge >= 0.3 is 0 Å². The number of ether oxygens (including phenoxy) is 2. The molecule has 1 amide bonds. The molecule has 0 bridgehead atoms. The normalized spacial score (nSPS) is 16.3. The van der Waals surface area contributed by atoms with Crippen molar-refractivity contribution >= 4 is 27.3 Å². The molecule has 0 aromatic heterocycles. The molecule has 1 N–H and O–H groups in total. The average Bonchev–Trinajstić information content (AvgIpc) is 2.72. The number of hydrogen-bond acceptors (Lipinski definition) is 7. The molecule has 0 unspecified atom stereocenters. The second-order valence-electron chi connectivity index (χ2n) is 7.21. The molecule has 0 radical (unpaired) electrons. The molecular weight excluding hydrogens is 426 g/mol. The number of fused-ring (bicyclic) bond motifs is 1. The molecule has 0 fully saturated rings. The Morgan fingerprint density at radius 1 is 1.29 bits per heavy atom. The fourth-order valence-electron chi connectivity index (χ4n) is 3.26. The number of nitrogens with one attached hydrogen (secondary N) is 1. The first-order valence-corrected chi connectivity index (χ1v) is 11.3. The smallest absolute Gasteiger partial charge is 0.271 e. The van der Waals surface area contributed by atoms with Gasteiger partial charge in [0.05, 0.1) is 23.4 Å². The first-order chi connectivity index (χ1) is 14.6. The van der Waals surface area contributed by atoms with E-state index < -0.39 is 33.0 Å². The number of carbonyl (C=O) groups is 1. The summed E-state index contributed by atoms with van der Waals surface area (Å²) in [7, 11) is -3.92. The van der Waals surface area contributed by atoms with Gasteiger partial charge in [0.15, 0.2) is 11.5 Å². The summed E-state index contributed by atoms with van der Waals surface area (Å²) in [5, 5.41) is 13.8. The molecule has 0 saturated carbocycles. The van der Waals surface area contributed by atoms with Gasteiger partial charge in [-0.05, 0) is 31.5 Å². The zero-order valence-electron chi connectivity index (χ0n) is 17.3. The Bertz CT molecular complexity index is 1100. The largest absolute Gasteiger partial charge is 0.486 e. The summed E-state index contributed by atoms with van der Waals surface area (Å²) in [6.45, 7) is 3.36. The third-order valence-electron chi connectivity index (χ3n) is 4.80. The van der Waals surface area contributed by atoms with Gasteiger partial charge in [0.1, 0.15) is 18.8 Å². The van der Waals surface area contributed by atoms with Crippen molar-refractivity contribution in [2.75, 3.05) is 23.7 Å². The predicted octanol–water partition coefficient (Wildman–Crippen LogP) is 2.01. The SMILES string of the molecule is Cc1ccc([N+](=O)[O-])cc1N([C@@H](C)C(=O)NC[C@@H]1COc2ccccc2O1)S(C)(=O)=O. The van der Waals surface area contributed by atoms with Crippen LogP contribution in [0.15, 0.2) is 42.5 Å². The highest BCUT2D eigenvalue weighted by molar-refractivity contribution is 7.92. The van der Waals surface area contributed by atoms with E-state index in [9.17, 15) is 23.3 Å². The lowest BCUT2D eigenvalue weighted by atomic mass is 10.1. The minimum Gasteiger partial charge on any atom is -0.486 e. The van der Waals surface area contributed by atoms with E-state index in [0.29, 0.717) is 17.1 Å². The topological polar surface area (TPSA) is 128 Å². The van der Waals surface area contributed by atoms with E-state index in [4.69, 9.17) is 9.47 Å². The van der Waals surface area contributed by atoms with Gasteiger partial charge in [-0.15, -0.1) is 0 Å². The number of non-ortho nitro benzene ring substituents is 1. The Hall–Kier alpha value is -3.34. The lowest BCUT2D eigenvalue weighted by molar-refractivity contribution is -0.384. The van der Waals surface area contributed by atoms with Gasteiger partial charge in [0.2, 0.25) is 15.9 Å². The van der Waals surface area contributed by atoms with E-state index in [-0.39, 0.29) is 24.5 Å². The van der Waals surface area contributed by atoms with Crippen molar-refractivity contribution in [2.24, 2.45) is 0 Å². The van der Waals surface area contributed by atoms with Gasteiger partial charge in [0, 0.05) is 12.1 Å². The standard InChI is InChI=1S/C20H23N3O7S/c1-13-8-9-15(23(25)26)10-17(13)22(31(3,27)28)14(2)20(24)21-11-16-12-29-18-6-4-5-7-19(18)30-16/h4-10,14,16H,11-12H2,1-3H3,(H,21,24)/t14-,16+/m0/s1. The second kappa shape index (κ2) is 8.80. The molecule has 2 aromatic rings. The number of sulfonamides is 1. The van der Waals surface area contributed by atoms with Crippen molar-refractivity contribution < 1.29 is 27.6 Å². The molecule has 2 atom stereocenters. The quantitative estimate of drug-likeness (QED) is 0.506. The molecule has 0 aliphatic carbocycles. The van der Waals surface area contributed by atoms with Crippen LogP contribution in [0.25, 0.3) is 0 Å². The first-order valence-electron chi connectivity index (χ1n) is 9.48. The molecule has 0 spiro atoms. The van der Waals surface area contributed by atoms with Gasteiger partial charge in [-0.25, -0.2) is 8.42 Å². The molecule has 11 heteroatoms. The summed E-state index contributed by atoms with van der Waals surface area (Å²) < 4.78 is 37.3. The maximum Gasteiger partial charge on any atom is 0.271 e. The molecule has 3 rings (SSSR count). The average molecular weight is 449 g/mol. The van der Waals surface area contributed by atoms with E-state index in [1.54, 1.807) is 25.1 Å². The Morgan fingerprint density at radius 2 is 1.97 bits per heavy atom. The van der Waals surface area contributed by atoms with Crippen LogP contribution in [0.5, 0.6) is 11.5 Å². The Labute approximate surface area is 180 Å². The monoisotopic (exact) mass is 449 g/mol. The maximum atomic E-state index is 12.8. The van der Waals surface area contributed by atoms with Crippen molar-refractivity contribution in [3.63, 3.8) is 0 Å². The van der Waals surface area contributed by atoms with Crippen LogP contribution in [0.4, 0.5) is 11.4 Å². The summed E-state index contributed by atoms with van der Waals surface area (Å²) in [6.07, 6.45) is 0.502. The van der Waals surface area contributed by atoms with Gasteiger partial charge in [-0.1, -0.05) is 18.2 Å². The zero-order valence-corrected chi connectivity index (χ0v) is 18.1. The molecule has 166 valence electrons. The third-order valence-corrected chi connectivity index (χ3v) is 6.03. The molecule has 10 nitrogen and oxygen atoms in total. The Morgan fingerprint density at radius 3 is 2.61 bits per heavy atom. The van der Waals surface area contributed by atoms with Crippen molar-refractivity contribution in [3.8, 4) is 11.5 Å². The van der Waals surface area contributed by atoms with E-state index in [2.05, 4.69) is 5.32 Å². The minimum absolute atomic E-state index is 0.0746. The number of para-hydroxylation sites is 2. The number of hydrogen-bond donors (Lipinski definition) is 1. The van der Waals surface area contributed by atoms with Crippen LogP contribution in [-0.2, 0) is 14.8 Å². The lowest BCUT2D eigenvalue weighted by Crippen LogP contribution is -2.50. The maximum absolute atomic E-state index is 12.8. The summed E-state index contributed by atoms with van der Waals surface area (Å²) in [4.78, 5) is 23.3. The van der Waals surface area contributed by atoms with Gasteiger partial charge in [-0.2, -0.15) is 0 Å². The van der Waals surface area contributed by atoms with E-state index in [0.717, 1.165) is 16.6 Å². The van der Waals surface area contributed by atoms with E-state index in [1.807, 2.05) is 6.07 Å². The van der Waals surface area contributed by atoms with Gasteiger partial charge in [-0.3, -0.25) is 19.2 Å². The number of benzene rings is 2. The molecule has 0 saturated heterocycles. The molecule has 1 aliphatic rings. The number of carbonyl (C=O) groups excluding carboxylic acids is 1. The molecule has 1 heterocycles. The zero-order chi connectivity index (χ0) is 22.8. The summed E-state index contributed by atoms with van der Waals surface area (Å²) in [5.41, 5.74) is 0.287. The van der Waals surface area contributed by atoms with Crippen LogP contribution >= 0.6 is 0 Å². The Balaban J connectivity index is 1.75. The number of anilines is 1. The summed E-state index contributed by atoms with van der Waals surface area (Å²) in [6, 6.07) is 9.88. The number of aryl methyl sites for hydroxylation is 1. The summed E-state index contributed by atoms with van der Waals surface area (Å²) in [5.74, 6) is 0.604. The van der Waals surface area contributed by atoms with Crippen LogP contribution in [0, 0.1) is 17.0 Å². The highest BCUT2D eigenvalue weighted by Crippen LogP contribution is 2.31. The van der Waals surface area contributed by atoms with E-state index >= 15 is 0 Å². The van der Waals surface area contributed by atoms with Gasteiger partial charge in [0.25, 0.3) is 5.69 Å². The predicted molar refractivity (Wildman–Crippen MR) is 114 cm³/mol. The number of amides is 1. The van der Waals surface area contributed by atoms with Crippen molar-refractivity contribution in [3.05, 3.63) is 58.1 Å². The van der Waals surface area contributed by atoms with Crippen molar-refractivity contribution in [1.82, 2.24) is 5.32 Å². The van der Waals surface area contributed by atoms with Crippen molar-refractivity contribution in [2.45, 2.75) is 26.0 Å². The number of nitrogens with zero attached hydrogens (tertiary/aromatic N) is 2. The van der Waals surface area contributed by atoms with Crippen LogP contribution in [-0.4, -0.2) is 50.8 Å². The van der Waals surface area contributed by atoms with Gasteiger partial charge < -0.3 is 14.8 Å². The van der Waals surface area contributed by atoms with Crippen LogP contribution in [0.2, 0.25) is 0 Å². The minimum atomic E-state index is -3.92. The van der Waals surface area contributed by atoms with Crippen LogP contribution < -0.4 is 19.1 Å². The fraction of sp³-hybridized carbons (Fsp3) is 0.350. The molecule has 1 aliphatic heterocycles. The third kappa shape index (κ3) is 5.05. The molecule has 2 aromatic carbocycles. The van der Waals surface area contributed by atoms with Crippen molar-refractivity contribution in [1.29, 1.82) is 0 Å². The summed E-state index contributed by atoms with van der Waals surface area (Å²) >= 11 is 0. The fourth-order valence-corrected chi connectivity index (χ4v) is 4.48. The van der Waals surface area contributed by atoms with Crippen LogP contribution in [0.3, 0.4) is 0 Å². The first kappa shape index (κ1) is 22.3. The lowest BCUT2D eigenvalue weighted by Gasteiger charge is -2.30.